The maximum Gasteiger partial charge on any atom is 0.0615 e. The lowest BCUT2D eigenvalue weighted by Crippen LogP contribution is -2.24. The largest absolute Gasteiger partial charge is 0.304 e. The molecule has 0 bridgehead atoms. The Labute approximate surface area is 79.1 Å². The van der Waals surface area contributed by atoms with Crippen molar-refractivity contribution < 1.29 is 0 Å². The van der Waals surface area contributed by atoms with E-state index in [1.807, 2.05) is 23.9 Å². The molecule has 0 fully saturated rings. The first-order valence-electron chi connectivity index (χ1n) is 4.40. The van der Waals surface area contributed by atoms with Crippen molar-refractivity contribution in [1.82, 2.24) is 15.1 Å². The van der Waals surface area contributed by atoms with Gasteiger partial charge in [0.05, 0.1) is 18.3 Å². The van der Waals surface area contributed by atoms with E-state index in [9.17, 15) is 0 Å². The average Bonchev–Trinajstić information content (AvgIpc) is 2.52. The van der Waals surface area contributed by atoms with Crippen molar-refractivity contribution in [2.24, 2.45) is 0 Å². The number of terminal acetylenes is 1. The zero-order chi connectivity index (χ0) is 9.68. The van der Waals surface area contributed by atoms with Crippen LogP contribution in [0.2, 0.25) is 0 Å². The third-order valence-corrected chi connectivity index (χ3v) is 1.86. The van der Waals surface area contributed by atoms with Crippen molar-refractivity contribution in [1.29, 1.82) is 0 Å². The summed E-state index contributed by atoms with van der Waals surface area (Å²) in [5.41, 5.74) is 1.05. The third-order valence-electron chi connectivity index (χ3n) is 1.86. The first-order chi connectivity index (χ1) is 6.24. The van der Waals surface area contributed by atoms with Crippen molar-refractivity contribution in [3.63, 3.8) is 0 Å². The second-order valence-electron chi connectivity index (χ2n) is 3.12. The smallest absolute Gasteiger partial charge is 0.0615 e. The molecule has 1 unspecified atom stereocenters. The first-order valence-corrected chi connectivity index (χ1v) is 4.40. The first kappa shape index (κ1) is 9.82. The molecule has 13 heavy (non-hydrogen) atoms. The third kappa shape index (κ3) is 2.92. The van der Waals surface area contributed by atoms with Gasteiger partial charge in [-0.1, -0.05) is 5.92 Å². The zero-order valence-electron chi connectivity index (χ0n) is 8.12. The molecular formula is C10H15N3. The predicted octanol–water partition coefficient (Wildman–Crippen LogP) is 0.975. The highest BCUT2D eigenvalue weighted by molar-refractivity contribution is 4.96. The van der Waals surface area contributed by atoms with E-state index in [1.54, 1.807) is 0 Å². The van der Waals surface area contributed by atoms with Gasteiger partial charge in [-0.05, 0) is 19.9 Å². The molecule has 0 aromatic carbocycles. The molecule has 0 saturated heterocycles. The topological polar surface area (TPSA) is 29.9 Å². The fraction of sp³-hybridized carbons (Fsp3) is 0.500. The van der Waals surface area contributed by atoms with Crippen molar-refractivity contribution in [3.05, 3.63) is 18.0 Å². The average molecular weight is 177 g/mol. The Balaban J connectivity index is 2.40. The molecule has 1 atom stereocenters. The normalized spacial score (nSPS) is 12.4. The molecule has 0 amide bonds. The summed E-state index contributed by atoms with van der Waals surface area (Å²) < 4.78 is 1.94. The molecule has 0 aliphatic heterocycles. The molecule has 0 aliphatic carbocycles. The summed E-state index contributed by atoms with van der Waals surface area (Å²) >= 11 is 0. The van der Waals surface area contributed by atoms with Crippen LogP contribution in [0.3, 0.4) is 0 Å². The number of hydrogen-bond donors (Lipinski definition) is 1. The van der Waals surface area contributed by atoms with Crippen LogP contribution < -0.4 is 5.32 Å². The molecule has 1 rings (SSSR count). The Morgan fingerprint density at radius 1 is 1.77 bits per heavy atom. The fourth-order valence-corrected chi connectivity index (χ4v) is 1.13. The number of aryl methyl sites for hydroxylation is 1. The van der Waals surface area contributed by atoms with Crippen LogP contribution >= 0.6 is 0 Å². The van der Waals surface area contributed by atoms with Crippen LogP contribution in [0.15, 0.2) is 12.3 Å². The Kier molecular flexibility index (Phi) is 3.53. The minimum absolute atomic E-state index is 0.349. The number of nitrogens with zero attached hydrogens (tertiary/aromatic N) is 2. The molecule has 1 heterocycles. The van der Waals surface area contributed by atoms with Crippen LogP contribution in [0.5, 0.6) is 0 Å². The lowest BCUT2D eigenvalue weighted by atomic mass is 10.3. The summed E-state index contributed by atoms with van der Waals surface area (Å²) in [6.07, 6.45) is 7.11. The molecule has 1 N–H and O–H groups in total. The molecule has 0 radical (unpaired) electrons. The molecule has 1 aromatic rings. The maximum atomic E-state index is 5.12. The summed E-state index contributed by atoms with van der Waals surface area (Å²) in [6.45, 7) is 5.56. The van der Waals surface area contributed by atoms with Crippen LogP contribution in [0.25, 0.3) is 0 Å². The number of aromatic nitrogens is 2. The van der Waals surface area contributed by atoms with Gasteiger partial charge in [-0.2, -0.15) is 5.10 Å². The monoisotopic (exact) mass is 177 g/mol. The summed E-state index contributed by atoms with van der Waals surface area (Å²) in [5, 5.41) is 7.46. The molecule has 0 aliphatic rings. The summed E-state index contributed by atoms with van der Waals surface area (Å²) in [6, 6.07) is 2.35. The van der Waals surface area contributed by atoms with Gasteiger partial charge in [-0.25, -0.2) is 0 Å². The van der Waals surface area contributed by atoms with Gasteiger partial charge >= 0.3 is 0 Å². The highest BCUT2D eigenvalue weighted by Crippen LogP contribution is 2.03. The maximum absolute atomic E-state index is 5.12. The van der Waals surface area contributed by atoms with E-state index in [0.717, 1.165) is 12.2 Å². The number of rotatable bonds is 4. The van der Waals surface area contributed by atoms with Gasteiger partial charge in [0.15, 0.2) is 0 Å². The quantitative estimate of drug-likeness (QED) is 0.548. The van der Waals surface area contributed by atoms with Gasteiger partial charge in [-0.15, -0.1) is 6.42 Å². The summed E-state index contributed by atoms with van der Waals surface area (Å²) in [4.78, 5) is 0. The van der Waals surface area contributed by atoms with Gasteiger partial charge in [0.25, 0.3) is 0 Å². The van der Waals surface area contributed by atoms with Gasteiger partial charge in [0.2, 0.25) is 0 Å². The van der Waals surface area contributed by atoms with E-state index < -0.39 is 0 Å². The predicted molar refractivity (Wildman–Crippen MR) is 53.4 cm³/mol. The van der Waals surface area contributed by atoms with Crippen molar-refractivity contribution in [3.8, 4) is 12.3 Å². The van der Waals surface area contributed by atoms with Crippen LogP contribution in [0.1, 0.15) is 18.7 Å². The molecule has 3 heteroatoms. The summed E-state index contributed by atoms with van der Waals surface area (Å²) in [5.74, 6) is 2.54. The Morgan fingerprint density at radius 2 is 2.54 bits per heavy atom. The van der Waals surface area contributed by atoms with E-state index in [0.29, 0.717) is 12.6 Å². The minimum Gasteiger partial charge on any atom is -0.304 e. The van der Waals surface area contributed by atoms with Crippen LogP contribution in [0.4, 0.5) is 0 Å². The van der Waals surface area contributed by atoms with Crippen LogP contribution in [-0.4, -0.2) is 22.9 Å². The number of nitrogens with one attached hydrogen (secondary N) is 1. The van der Waals surface area contributed by atoms with E-state index in [1.165, 1.54) is 0 Å². The van der Waals surface area contributed by atoms with Crippen LogP contribution in [-0.2, 0) is 0 Å². The molecule has 0 saturated carbocycles. The molecule has 1 aromatic heterocycles. The fourth-order valence-electron chi connectivity index (χ4n) is 1.13. The van der Waals surface area contributed by atoms with E-state index in [4.69, 9.17) is 6.42 Å². The molecule has 0 spiro atoms. The van der Waals surface area contributed by atoms with Crippen LogP contribution in [0, 0.1) is 19.3 Å². The van der Waals surface area contributed by atoms with Crippen molar-refractivity contribution in [2.75, 3.05) is 13.1 Å². The van der Waals surface area contributed by atoms with Gasteiger partial charge < -0.3 is 5.32 Å². The number of hydrogen-bond acceptors (Lipinski definition) is 2. The van der Waals surface area contributed by atoms with Gasteiger partial charge in [-0.3, -0.25) is 4.68 Å². The Morgan fingerprint density at radius 3 is 3.08 bits per heavy atom. The summed E-state index contributed by atoms with van der Waals surface area (Å²) in [7, 11) is 0. The highest BCUT2D eigenvalue weighted by Gasteiger charge is 2.03. The van der Waals surface area contributed by atoms with Gasteiger partial charge in [0, 0.05) is 12.7 Å². The lowest BCUT2D eigenvalue weighted by molar-refractivity contribution is 0.463. The van der Waals surface area contributed by atoms with E-state index in [2.05, 4.69) is 23.3 Å². The zero-order valence-corrected chi connectivity index (χ0v) is 8.12. The van der Waals surface area contributed by atoms with Gasteiger partial charge in [0.1, 0.15) is 0 Å². The molecule has 3 nitrogen and oxygen atoms in total. The Bertz CT molecular complexity index is 295. The minimum atomic E-state index is 0.349. The molecular weight excluding hydrogens is 162 g/mol. The standard InChI is InChI=1S/C10H15N3/c1-4-6-11-8-10(3)13-7-5-9(2)12-13/h1,5,7,10-11H,6,8H2,2-3H3. The molecule has 70 valence electrons. The van der Waals surface area contributed by atoms with Crippen molar-refractivity contribution >= 4 is 0 Å². The van der Waals surface area contributed by atoms with E-state index in [-0.39, 0.29) is 0 Å². The second-order valence-corrected chi connectivity index (χ2v) is 3.12. The Hall–Kier alpha value is -1.27. The van der Waals surface area contributed by atoms with E-state index >= 15 is 0 Å². The van der Waals surface area contributed by atoms with Crippen molar-refractivity contribution in [2.45, 2.75) is 19.9 Å². The SMILES string of the molecule is C#CCNCC(C)n1ccc(C)n1. The lowest BCUT2D eigenvalue weighted by Gasteiger charge is -2.11. The highest BCUT2D eigenvalue weighted by atomic mass is 15.3. The second kappa shape index (κ2) is 4.68.